The summed E-state index contributed by atoms with van der Waals surface area (Å²) in [7, 11) is 0. The first-order valence-corrected chi connectivity index (χ1v) is 7.26. The molecule has 0 radical (unpaired) electrons. The number of rotatable bonds is 3. The highest BCUT2D eigenvalue weighted by Crippen LogP contribution is 2.29. The highest BCUT2D eigenvalue weighted by Gasteiger charge is 2.30. The number of hydrogen-bond acceptors (Lipinski definition) is 3. The summed E-state index contributed by atoms with van der Waals surface area (Å²) < 4.78 is 37.9. The Hall–Kier alpha value is -2.89. The van der Waals surface area contributed by atoms with Crippen LogP contribution in [0.15, 0.2) is 65.8 Å². The van der Waals surface area contributed by atoms with Crippen molar-refractivity contribution < 1.29 is 13.2 Å². The second-order valence-corrected chi connectivity index (χ2v) is 5.32. The third kappa shape index (κ3) is 3.37. The summed E-state index contributed by atoms with van der Waals surface area (Å²) in [6, 6.07) is 16.3. The SMILES string of the molecule is NN=C(Cc1ccc2ccccc2n1)c1ccc(C(F)(F)F)cc1. The van der Waals surface area contributed by atoms with Crippen molar-refractivity contribution >= 4 is 16.6 Å². The van der Waals surface area contributed by atoms with Crippen molar-refractivity contribution in [1.82, 2.24) is 4.98 Å². The molecule has 0 fully saturated rings. The largest absolute Gasteiger partial charge is 0.416 e. The highest BCUT2D eigenvalue weighted by molar-refractivity contribution is 6.01. The molecule has 0 unspecified atom stereocenters. The van der Waals surface area contributed by atoms with Crippen LogP contribution in [0.25, 0.3) is 10.9 Å². The Balaban J connectivity index is 1.86. The van der Waals surface area contributed by atoms with E-state index in [-0.39, 0.29) is 0 Å². The molecule has 3 aromatic rings. The molecule has 3 nitrogen and oxygen atoms in total. The second-order valence-electron chi connectivity index (χ2n) is 5.32. The fourth-order valence-electron chi connectivity index (χ4n) is 2.45. The number of nitrogens with zero attached hydrogens (tertiary/aromatic N) is 2. The average Bonchev–Trinajstić information content (AvgIpc) is 2.59. The van der Waals surface area contributed by atoms with Crippen molar-refractivity contribution in [3.8, 4) is 0 Å². The quantitative estimate of drug-likeness (QED) is 0.446. The Morgan fingerprint density at radius 1 is 0.958 bits per heavy atom. The van der Waals surface area contributed by atoms with Crippen LogP contribution in [0.5, 0.6) is 0 Å². The fourth-order valence-corrected chi connectivity index (χ4v) is 2.45. The molecule has 0 atom stereocenters. The fraction of sp³-hybridized carbons (Fsp3) is 0.111. The Morgan fingerprint density at radius 2 is 1.67 bits per heavy atom. The van der Waals surface area contributed by atoms with Gasteiger partial charge >= 0.3 is 6.18 Å². The van der Waals surface area contributed by atoms with Crippen molar-refractivity contribution in [3.63, 3.8) is 0 Å². The minimum atomic E-state index is -4.36. The van der Waals surface area contributed by atoms with Crippen molar-refractivity contribution in [2.45, 2.75) is 12.6 Å². The molecule has 122 valence electrons. The third-order valence-corrected chi connectivity index (χ3v) is 3.71. The number of para-hydroxylation sites is 1. The Kier molecular flexibility index (Phi) is 4.20. The zero-order chi connectivity index (χ0) is 17.2. The van der Waals surface area contributed by atoms with E-state index in [4.69, 9.17) is 5.84 Å². The summed E-state index contributed by atoms with van der Waals surface area (Å²) in [5.74, 6) is 5.43. The zero-order valence-electron chi connectivity index (χ0n) is 12.6. The number of aromatic nitrogens is 1. The summed E-state index contributed by atoms with van der Waals surface area (Å²) >= 11 is 0. The molecule has 3 rings (SSSR count). The number of pyridine rings is 1. The minimum Gasteiger partial charge on any atom is -0.323 e. The van der Waals surface area contributed by atoms with Crippen LogP contribution in [0.4, 0.5) is 13.2 Å². The number of nitrogens with two attached hydrogens (primary N) is 1. The summed E-state index contributed by atoms with van der Waals surface area (Å²) in [4.78, 5) is 4.53. The lowest BCUT2D eigenvalue weighted by atomic mass is 10.0. The number of hydrazone groups is 1. The summed E-state index contributed by atoms with van der Waals surface area (Å²) in [6.45, 7) is 0. The Morgan fingerprint density at radius 3 is 2.33 bits per heavy atom. The van der Waals surface area contributed by atoms with Gasteiger partial charge < -0.3 is 5.84 Å². The van der Waals surface area contributed by atoms with Gasteiger partial charge in [-0.05, 0) is 29.8 Å². The van der Waals surface area contributed by atoms with Crippen LogP contribution >= 0.6 is 0 Å². The summed E-state index contributed by atoms with van der Waals surface area (Å²) in [6.07, 6.45) is -4.02. The molecule has 0 aliphatic carbocycles. The van der Waals surface area contributed by atoms with Gasteiger partial charge in [-0.1, -0.05) is 36.4 Å². The van der Waals surface area contributed by atoms with E-state index in [1.165, 1.54) is 12.1 Å². The van der Waals surface area contributed by atoms with E-state index in [0.717, 1.165) is 28.7 Å². The molecule has 0 spiro atoms. The molecule has 2 aromatic carbocycles. The number of halogens is 3. The van der Waals surface area contributed by atoms with E-state index in [2.05, 4.69) is 10.1 Å². The van der Waals surface area contributed by atoms with Crippen LogP contribution in [0.3, 0.4) is 0 Å². The average molecular weight is 329 g/mol. The maximum Gasteiger partial charge on any atom is 0.416 e. The molecule has 0 saturated heterocycles. The van der Waals surface area contributed by atoms with Gasteiger partial charge in [-0.3, -0.25) is 4.98 Å². The number of fused-ring (bicyclic) bond motifs is 1. The normalized spacial score (nSPS) is 12.5. The first-order valence-electron chi connectivity index (χ1n) is 7.26. The van der Waals surface area contributed by atoms with Gasteiger partial charge in [0.15, 0.2) is 0 Å². The van der Waals surface area contributed by atoms with Crippen LogP contribution < -0.4 is 5.84 Å². The summed E-state index contributed by atoms with van der Waals surface area (Å²) in [5.41, 5.74) is 1.91. The van der Waals surface area contributed by atoms with Gasteiger partial charge in [-0.15, -0.1) is 0 Å². The number of hydrogen-bond donors (Lipinski definition) is 1. The van der Waals surface area contributed by atoms with E-state index >= 15 is 0 Å². The molecule has 6 heteroatoms. The molecule has 1 aromatic heterocycles. The Bertz CT molecular complexity index is 884. The summed E-state index contributed by atoms with van der Waals surface area (Å²) in [5, 5.41) is 4.74. The van der Waals surface area contributed by atoms with Crippen molar-refractivity contribution in [2.24, 2.45) is 10.9 Å². The third-order valence-electron chi connectivity index (χ3n) is 3.71. The molecule has 0 aliphatic heterocycles. The van der Waals surface area contributed by atoms with Crippen LogP contribution in [0.2, 0.25) is 0 Å². The van der Waals surface area contributed by atoms with Gasteiger partial charge in [0.2, 0.25) is 0 Å². The molecule has 24 heavy (non-hydrogen) atoms. The Labute approximate surface area is 136 Å². The van der Waals surface area contributed by atoms with E-state index in [1.807, 2.05) is 36.4 Å². The predicted octanol–water partition coefficient (Wildman–Crippen LogP) is 4.16. The lowest BCUT2D eigenvalue weighted by Gasteiger charge is -2.09. The predicted molar refractivity (Wildman–Crippen MR) is 87.6 cm³/mol. The number of benzene rings is 2. The van der Waals surface area contributed by atoms with Crippen molar-refractivity contribution in [1.29, 1.82) is 0 Å². The highest BCUT2D eigenvalue weighted by atomic mass is 19.4. The second kappa shape index (κ2) is 6.31. The van der Waals surface area contributed by atoms with Gasteiger partial charge in [0, 0.05) is 17.5 Å². The van der Waals surface area contributed by atoms with Gasteiger partial charge in [0.05, 0.1) is 16.8 Å². The van der Waals surface area contributed by atoms with Gasteiger partial charge in [0.1, 0.15) is 0 Å². The molecular weight excluding hydrogens is 315 g/mol. The first kappa shape index (κ1) is 16.0. The first-order chi connectivity index (χ1) is 11.5. The van der Waals surface area contributed by atoms with Crippen molar-refractivity contribution in [3.05, 3.63) is 77.5 Å². The molecule has 0 saturated carbocycles. The molecular formula is C18H14F3N3. The molecule has 1 heterocycles. The van der Waals surface area contributed by atoms with Gasteiger partial charge in [-0.2, -0.15) is 18.3 Å². The van der Waals surface area contributed by atoms with E-state index < -0.39 is 11.7 Å². The van der Waals surface area contributed by atoms with Gasteiger partial charge in [-0.25, -0.2) is 0 Å². The van der Waals surface area contributed by atoms with E-state index in [0.29, 0.717) is 17.7 Å². The van der Waals surface area contributed by atoms with E-state index in [1.54, 1.807) is 0 Å². The molecule has 0 amide bonds. The zero-order valence-corrected chi connectivity index (χ0v) is 12.6. The van der Waals surface area contributed by atoms with Crippen LogP contribution in [0, 0.1) is 0 Å². The topological polar surface area (TPSA) is 51.3 Å². The lowest BCUT2D eigenvalue weighted by Crippen LogP contribution is -2.11. The lowest BCUT2D eigenvalue weighted by molar-refractivity contribution is -0.137. The minimum absolute atomic E-state index is 0.340. The molecule has 0 bridgehead atoms. The van der Waals surface area contributed by atoms with Crippen LogP contribution in [-0.2, 0) is 12.6 Å². The van der Waals surface area contributed by atoms with Crippen LogP contribution in [-0.4, -0.2) is 10.7 Å². The maximum atomic E-state index is 12.6. The number of alkyl halides is 3. The molecule has 2 N–H and O–H groups in total. The standard InChI is InChI=1S/C18H14F3N3/c19-18(20,21)14-8-5-13(6-9-14)17(24-22)11-15-10-7-12-3-1-2-4-16(12)23-15/h1-10H,11,22H2. The van der Waals surface area contributed by atoms with E-state index in [9.17, 15) is 13.2 Å². The van der Waals surface area contributed by atoms with Crippen LogP contribution in [0.1, 0.15) is 16.8 Å². The van der Waals surface area contributed by atoms with Gasteiger partial charge in [0.25, 0.3) is 0 Å². The van der Waals surface area contributed by atoms with Crippen molar-refractivity contribution in [2.75, 3.05) is 0 Å². The molecule has 0 aliphatic rings. The monoisotopic (exact) mass is 329 g/mol. The smallest absolute Gasteiger partial charge is 0.323 e. The maximum absolute atomic E-state index is 12.6.